The summed E-state index contributed by atoms with van der Waals surface area (Å²) in [5, 5.41) is 13.1. The quantitative estimate of drug-likeness (QED) is 0.748. The molecule has 1 fully saturated rings. The first kappa shape index (κ1) is 15.8. The fourth-order valence-corrected chi connectivity index (χ4v) is 4.26. The van der Waals surface area contributed by atoms with Crippen molar-refractivity contribution in [3.05, 3.63) is 69.8 Å². The Morgan fingerprint density at radius 3 is 2.76 bits per heavy atom. The van der Waals surface area contributed by atoms with Gasteiger partial charge in [0.2, 0.25) is 0 Å². The Morgan fingerprint density at radius 1 is 1.28 bits per heavy atom. The first-order valence-corrected chi connectivity index (χ1v) is 8.86. The van der Waals surface area contributed by atoms with Gasteiger partial charge in [0.25, 0.3) is 5.91 Å². The number of carbonyl (C=O) groups is 1. The lowest BCUT2D eigenvalue weighted by Crippen LogP contribution is -2.34. The van der Waals surface area contributed by atoms with E-state index in [1.54, 1.807) is 12.1 Å². The molecule has 0 aliphatic heterocycles. The maximum Gasteiger partial charge on any atom is 0.262 e. The number of thiophene rings is 1. The van der Waals surface area contributed by atoms with Crippen molar-refractivity contribution < 1.29 is 9.18 Å². The van der Waals surface area contributed by atoms with Crippen LogP contribution < -0.4 is 5.32 Å². The van der Waals surface area contributed by atoms with Gasteiger partial charge in [0.1, 0.15) is 5.82 Å². The second-order valence-electron chi connectivity index (χ2n) is 6.43. The van der Waals surface area contributed by atoms with Crippen molar-refractivity contribution in [2.75, 3.05) is 0 Å². The van der Waals surface area contributed by atoms with Gasteiger partial charge in [-0.2, -0.15) is 5.26 Å². The number of aryl methyl sites for hydroxylation is 1. The van der Waals surface area contributed by atoms with Crippen LogP contribution in [0.25, 0.3) is 10.1 Å². The maximum atomic E-state index is 13.5. The van der Waals surface area contributed by atoms with Gasteiger partial charge in [-0.15, -0.1) is 11.3 Å². The van der Waals surface area contributed by atoms with E-state index < -0.39 is 5.54 Å². The van der Waals surface area contributed by atoms with Crippen molar-refractivity contribution in [2.45, 2.75) is 25.3 Å². The molecule has 0 radical (unpaired) electrons. The van der Waals surface area contributed by atoms with Gasteiger partial charge in [-0.3, -0.25) is 4.79 Å². The van der Waals surface area contributed by atoms with E-state index >= 15 is 0 Å². The van der Waals surface area contributed by atoms with Crippen LogP contribution >= 0.6 is 11.3 Å². The fourth-order valence-electron chi connectivity index (χ4n) is 3.18. The molecule has 1 N–H and O–H groups in total. The average Bonchev–Trinajstić information content (AvgIpc) is 3.32. The molecule has 1 heterocycles. The molecule has 5 heteroatoms. The minimum absolute atomic E-state index is 0.140. The van der Waals surface area contributed by atoms with Crippen LogP contribution in [0.15, 0.2) is 42.5 Å². The number of carbonyl (C=O) groups excluding carboxylic acids is 1. The fraction of sp³-hybridized carbons (Fsp3) is 0.200. The van der Waals surface area contributed by atoms with Crippen LogP contribution in [0.1, 0.15) is 39.2 Å². The van der Waals surface area contributed by atoms with E-state index in [1.807, 2.05) is 25.1 Å². The number of amides is 1. The Bertz CT molecular complexity index is 1040. The molecule has 25 heavy (non-hydrogen) atoms. The summed E-state index contributed by atoms with van der Waals surface area (Å²) in [6, 6.07) is 14.0. The summed E-state index contributed by atoms with van der Waals surface area (Å²) in [5.41, 5.74) is 1.81. The van der Waals surface area contributed by atoms with Crippen LogP contribution in [-0.2, 0) is 5.54 Å². The van der Waals surface area contributed by atoms with Gasteiger partial charge in [0.15, 0.2) is 0 Å². The smallest absolute Gasteiger partial charge is 0.262 e. The van der Waals surface area contributed by atoms with Crippen LogP contribution in [0, 0.1) is 24.1 Å². The molecule has 0 unspecified atom stereocenters. The molecule has 3 nitrogen and oxygen atoms in total. The molecular formula is C20H15FN2OS. The molecule has 1 amide bonds. The zero-order valence-electron chi connectivity index (χ0n) is 13.6. The number of halogens is 1. The first-order valence-electron chi connectivity index (χ1n) is 8.04. The van der Waals surface area contributed by atoms with Crippen LogP contribution in [0.3, 0.4) is 0 Å². The second kappa shape index (κ2) is 5.68. The third-order valence-corrected chi connectivity index (χ3v) is 6.02. The molecule has 4 rings (SSSR count). The van der Waals surface area contributed by atoms with E-state index in [-0.39, 0.29) is 11.7 Å². The van der Waals surface area contributed by atoms with Crippen LogP contribution in [0.5, 0.6) is 0 Å². The summed E-state index contributed by atoms with van der Waals surface area (Å²) in [6.07, 6.45) is 1.62. The third-order valence-electron chi connectivity index (χ3n) is 4.75. The summed E-state index contributed by atoms with van der Waals surface area (Å²) < 4.78 is 14.5. The number of hydrogen-bond donors (Lipinski definition) is 1. The van der Waals surface area contributed by atoms with Gasteiger partial charge in [-0.05, 0) is 66.6 Å². The Kier molecular flexibility index (Phi) is 3.59. The molecular weight excluding hydrogens is 335 g/mol. The van der Waals surface area contributed by atoms with E-state index in [2.05, 4.69) is 11.4 Å². The van der Waals surface area contributed by atoms with Crippen LogP contribution in [0.4, 0.5) is 4.39 Å². The van der Waals surface area contributed by atoms with Crippen molar-refractivity contribution in [3.63, 3.8) is 0 Å². The van der Waals surface area contributed by atoms with Gasteiger partial charge in [-0.1, -0.05) is 12.1 Å². The lowest BCUT2D eigenvalue weighted by atomic mass is 10.0. The molecule has 124 valence electrons. The van der Waals surface area contributed by atoms with Crippen molar-refractivity contribution in [3.8, 4) is 6.07 Å². The van der Waals surface area contributed by atoms with Crippen molar-refractivity contribution >= 4 is 27.3 Å². The number of nitrogens with zero attached hydrogens (tertiary/aromatic N) is 1. The number of nitrogens with one attached hydrogen (secondary N) is 1. The van der Waals surface area contributed by atoms with E-state index in [0.717, 1.165) is 34.1 Å². The Hall–Kier alpha value is -2.71. The third kappa shape index (κ3) is 2.69. The Morgan fingerprint density at radius 2 is 2.08 bits per heavy atom. The molecule has 1 saturated carbocycles. The number of fused-ring (bicyclic) bond motifs is 1. The molecule has 3 aromatic rings. The van der Waals surface area contributed by atoms with Crippen molar-refractivity contribution in [2.24, 2.45) is 0 Å². The predicted octanol–water partition coefficient (Wildman–Crippen LogP) is 4.64. The minimum atomic E-state index is -0.459. The molecule has 1 aliphatic rings. The zero-order valence-corrected chi connectivity index (χ0v) is 14.4. The van der Waals surface area contributed by atoms with Gasteiger partial charge in [0.05, 0.1) is 22.0 Å². The van der Waals surface area contributed by atoms with E-state index in [9.17, 15) is 9.18 Å². The molecule has 0 atom stereocenters. The standard InChI is InChI=1S/C20H15FN2OS/c1-12-16-9-13(11-22)5-6-17(16)25-18(12)19(24)23-20(7-8-20)14-3-2-4-15(21)10-14/h2-6,9-10H,7-8H2,1H3,(H,23,24). The second-order valence-corrected chi connectivity index (χ2v) is 7.48. The summed E-state index contributed by atoms with van der Waals surface area (Å²) in [5.74, 6) is -0.431. The zero-order chi connectivity index (χ0) is 17.6. The monoisotopic (exact) mass is 350 g/mol. The van der Waals surface area contributed by atoms with E-state index in [0.29, 0.717) is 10.4 Å². The molecule has 0 spiro atoms. The summed E-state index contributed by atoms with van der Waals surface area (Å²) >= 11 is 1.42. The Balaban J connectivity index is 1.67. The summed E-state index contributed by atoms with van der Waals surface area (Å²) in [6.45, 7) is 1.90. The number of benzene rings is 2. The van der Waals surface area contributed by atoms with Crippen molar-refractivity contribution in [1.29, 1.82) is 5.26 Å². The lowest BCUT2D eigenvalue weighted by Gasteiger charge is -2.18. The highest BCUT2D eigenvalue weighted by atomic mass is 32.1. The predicted molar refractivity (Wildman–Crippen MR) is 96.1 cm³/mol. The summed E-state index contributed by atoms with van der Waals surface area (Å²) in [7, 11) is 0. The average molecular weight is 350 g/mol. The molecule has 2 aromatic carbocycles. The first-order chi connectivity index (χ1) is 12.0. The Labute approximate surface area is 148 Å². The number of hydrogen-bond acceptors (Lipinski definition) is 3. The molecule has 1 aromatic heterocycles. The maximum absolute atomic E-state index is 13.5. The molecule has 0 saturated heterocycles. The lowest BCUT2D eigenvalue weighted by molar-refractivity contribution is 0.0934. The number of nitriles is 1. The van der Waals surface area contributed by atoms with Gasteiger partial charge >= 0.3 is 0 Å². The normalized spacial score (nSPS) is 14.9. The SMILES string of the molecule is Cc1c(C(=O)NC2(c3cccc(F)c3)CC2)sc2ccc(C#N)cc12. The van der Waals surface area contributed by atoms with Crippen molar-refractivity contribution in [1.82, 2.24) is 5.32 Å². The highest BCUT2D eigenvalue weighted by Gasteiger charge is 2.46. The van der Waals surface area contributed by atoms with Gasteiger partial charge < -0.3 is 5.32 Å². The van der Waals surface area contributed by atoms with E-state index in [4.69, 9.17) is 5.26 Å². The largest absolute Gasteiger partial charge is 0.342 e. The van der Waals surface area contributed by atoms with E-state index in [1.165, 1.54) is 23.5 Å². The van der Waals surface area contributed by atoms with Gasteiger partial charge in [0, 0.05) is 4.70 Å². The number of rotatable bonds is 3. The topological polar surface area (TPSA) is 52.9 Å². The minimum Gasteiger partial charge on any atom is -0.342 e. The van der Waals surface area contributed by atoms with Crippen LogP contribution in [0.2, 0.25) is 0 Å². The summed E-state index contributed by atoms with van der Waals surface area (Å²) in [4.78, 5) is 13.5. The highest BCUT2D eigenvalue weighted by Crippen LogP contribution is 2.46. The molecule has 1 aliphatic carbocycles. The highest BCUT2D eigenvalue weighted by molar-refractivity contribution is 7.21. The molecule has 0 bridgehead atoms. The van der Waals surface area contributed by atoms with Crippen LogP contribution in [-0.4, -0.2) is 5.91 Å². The van der Waals surface area contributed by atoms with Gasteiger partial charge in [-0.25, -0.2) is 4.39 Å².